The Morgan fingerprint density at radius 1 is 1.03 bits per heavy atom. The van der Waals surface area contributed by atoms with Gasteiger partial charge in [0, 0.05) is 24.9 Å². The summed E-state index contributed by atoms with van der Waals surface area (Å²) in [5, 5.41) is 0.643. The molecule has 2 aromatic carbocycles. The summed E-state index contributed by atoms with van der Waals surface area (Å²) < 4.78 is 24.4. The molecule has 0 unspecified atom stereocenters. The van der Waals surface area contributed by atoms with Crippen molar-refractivity contribution in [2.24, 2.45) is 0 Å². The van der Waals surface area contributed by atoms with Gasteiger partial charge in [-0.25, -0.2) is 13.4 Å². The van der Waals surface area contributed by atoms with Crippen LogP contribution in [0.25, 0.3) is 10.2 Å². The summed E-state index contributed by atoms with van der Waals surface area (Å²) in [6, 6.07) is 10.2. The fraction of sp³-hybridized carbons (Fsp3) is 0.333. The number of carbonyl (C=O) groups is 1. The van der Waals surface area contributed by atoms with Crippen LogP contribution in [-0.4, -0.2) is 57.6 Å². The lowest BCUT2D eigenvalue weighted by molar-refractivity contribution is 0.0985. The minimum Gasteiger partial charge on any atom is -0.308 e. The molecule has 0 fully saturated rings. The van der Waals surface area contributed by atoms with E-state index in [0.29, 0.717) is 23.8 Å². The summed E-state index contributed by atoms with van der Waals surface area (Å²) in [6.07, 6.45) is 1.15. The molecule has 0 spiro atoms. The second kappa shape index (κ2) is 8.22. The molecule has 0 bridgehead atoms. The quantitative estimate of drug-likeness (QED) is 0.597. The number of hydrogen-bond donors (Lipinski definition) is 0. The van der Waals surface area contributed by atoms with E-state index in [0.717, 1.165) is 22.0 Å². The smallest absolute Gasteiger partial charge is 0.260 e. The number of thiazole rings is 1. The highest BCUT2D eigenvalue weighted by Crippen LogP contribution is 2.31. The zero-order valence-corrected chi connectivity index (χ0v) is 18.9. The summed E-state index contributed by atoms with van der Waals surface area (Å²) >= 11 is 1.49. The summed E-state index contributed by atoms with van der Waals surface area (Å²) in [6.45, 7) is 5.27. The van der Waals surface area contributed by atoms with Gasteiger partial charge in [0.2, 0.25) is 0 Å². The zero-order chi connectivity index (χ0) is 21.3. The van der Waals surface area contributed by atoms with Gasteiger partial charge in [-0.1, -0.05) is 11.3 Å². The molecule has 0 saturated carbocycles. The first-order valence-corrected chi connectivity index (χ1v) is 11.9. The lowest BCUT2D eigenvalue weighted by Gasteiger charge is -2.22. The van der Waals surface area contributed by atoms with E-state index < -0.39 is 9.84 Å². The molecule has 3 rings (SSSR count). The minimum absolute atomic E-state index is 0.194. The Kier molecular flexibility index (Phi) is 6.07. The van der Waals surface area contributed by atoms with Crippen LogP contribution in [-0.2, 0) is 9.84 Å². The minimum atomic E-state index is -3.31. The number of aromatic nitrogens is 1. The molecule has 1 heterocycles. The van der Waals surface area contributed by atoms with Crippen LogP contribution in [0.2, 0.25) is 0 Å². The summed E-state index contributed by atoms with van der Waals surface area (Å²) in [7, 11) is 0.599. The average molecular weight is 432 g/mol. The molecule has 0 atom stereocenters. The van der Waals surface area contributed by atoms with E-state index in [1.807, 2.05) is 32.0 Å². The fourth-order valence-electron chi connectivity index (χ4n) is 2.87. The molecule has 0 saturated heterocycles. The first-order valence-electron chi connectivity index (χ1n) is 9.21. The highest BCUT2D eigenvalue weighted by atomic mass is 32.2. The average Bonchev–Trinajstić information content (AvgIpc) is 3.03. The first kappa shape index (κ1) is 21.4. The lowest BCUT2D eigenvalue weighted by Crippen LogP contribution is -2.36. The van der Waals surface area contributed by atoms with Gasteiger partial charge in [0.05, 0.1) is 15.1 Å². The predicted octanol–water partition coefficient (Wildman–Crippen LogP) is 3.53. The van der Waals surface area contributed by atoms with E-state index in [-0.39, 0.29) is 10.8 Å². The van der Waals surface area contributed by atoms with Crippen molar-refractivity contribution < 1.29 is 13.2 Å². The van der Waals surface area contributed by atoms with Crippen LogP contribution in [0.3, 0.4) is 0 Å². The standard InChI is InChI=1S/C21H25N3O3S2/c1-14-12-18-19(13-15(14)2)28-21(22-18)24(11-10-23(3)4)20(25)16-6-8-17(9-7-16)29(5,26)27/h6-9,12-13H,10-11H2,1-5H3. The van der Waals surface area contributed by atoms with Crippen molar-refractivity contribution in [2.45, 2.75) is 18.7 Å². The molecular formula is C21H25N3O3S2. The lowest BCUT2D eigenvalue weighted by atomic mass is 10.1. The Bertz CT molecular complexity index is 1110. The monoisotopic (exact) mass is 431 g/mol. The normalized spacial score (nSPS) is 11.9. The van der Waals surface area contributed by atoms with Gasteiger partial charge in [-0.2, -0.15) is 0 Å². The maximum Gasteiger partial charge on any atom is 0.260 e. The third-order valence-corrected chi connectivity index (χ3v) is 6.94. The number of anilines is 1. The van der Waals surface area contributed by atoms with E-state index >= 15 is 0 Å². The van der Waals surface area contributed by atoms with Crippen molar-refractivity contribution in [3.63, 3.8) is 0 Å². The van der Waals surface area contributed by atoms with Crippen LogP contribution in [0.1, 0.15) is 21.5 Å². The predicted molar refractivity (Wildman–Crippen MR) is 119 cm³/mol. The molecule has 0 aliphatic rings. The Morgan fingerprint density at radius 2 is 1.66 bits per heavy atom. The summed E-state index contributed by atoms with van der Waals surface area (Å²) in [4.78, 5) is 21.8. The van der Waals surface area contributed by atoms with Gasteiger partial charge in [0.15, 0.2) is 15.0 Å². The molecule has 29 heavy (non-hydrogen) atoms. The van der Waals surface area contributed by atoms with Crippen LogP contribution in [0.15, 0.2) is 41.3 Å². The third-order valence-electron chi connectivity index (χ3n) is 4.77. The van der Waals surface area contributed by atoms with Crippen molar-refractivity contribution >= 4 is 42.4 Å². The van der Waals surface area contributed by atoms with E-state index in [4.69, 9.17) is 4.98 Å². The third kappa shape index (κ3) is 4.83. The molecule has 0 aliphatic carbocycles. The highest BCUT2D eigenvalue weighted by molar-refractivity contribution is 7.90. The number of aryl methyl sites for hydroxylation is 2. The molecule has 3 aromatic rings. The molecule has 0 N–H and O–H groups in total. The van der Waals surface area contributed by atoms with Crippen molar-refractivity contribution in [2.75, 3.05) is 38.3 Å². The largest absolute Gasteiger partial charge is 0.308 e. The van der Waals surface area contributed by atoms with Gasteiger partial charge in [0.1, 0.15) is 0 Å². The summed E-state index contributed by atoms with van der Waals surface area (Å²) in [5.74, 6) is -0.195. The number of sulfone groups is 1. The zero-order valence-electron chi connectivity index (χ0n) is 17.3. The number of nitrogens with zero attached hydrogens (tertiary/aromatic N) is 3. The van der Waals surface area contributed by atoms with Crippen LogP contribution in [0, 0.1) is 13.8 Å². The van der Waals surface area contributed by atoms with Gasteiger partial charge in [0.25, 0.3) is 5.91 Å². The summed E-state index contributed by atoms with van der Waals surface area (Å²) in [5.41, 5.74) is 3.66. The number of fused-ring (bicyclic) bond motifs is 1. The van der Waals surface area contributed by atoms with Crippen LogP contribution < -0.4 is 4.90 Å². The molecule has 1 amide bonds. The van der Waals surface area contributed by atoms with Crippen molar-refractivity contribution in [3.8, 4) is 0 Å². The first-order chi connectivity index (χ1) is 13.6. The Morgan fingerprint density at radius 3 is 2.24 bits per heavy atom. The number of likely N-dealkylation sites (N-methyl/N-ethyl adjacent to an activating group) is 1. The van der Waals surface area contributed by atoms with Gasteiger partial charge in [-0.05, 0) is 75.5 Å². The van der Waals surface area contributed by atoms with Crippen molar-refractivity contribution in [1.29, 1.82) is 0 Å². The SMILES string of the molecule is Cc1cc2nc(N(CCN(C)C)C(=O)c3ccc(S(C)(=O)=O)cc3)sc2cc1C. The molecular weight excluding hydrogens is 406 g/mol. The maximum atomic E-state index is 13.3. The Hall–Kier alpha value is -2.29. The van der Waals surface area contributed by atoms with Gasteiger partial charge in [-0.15, -0.1) is 0 Å². The highest BCUT2D eigenvalue weighted by Gasteiger charge is 2.22. The number of rotatable bonds is 6. The molecule has 0 aliphatic heterocycles. The van der Waals surface area contributed by atoms with E-state index in [9.17, 15) is 13.2 Å². The van der Waals surface area contributed by atoms with Gasteiger partial charge >= 0.3 is 0 Å². The maximum absolute atomic E-state index is 13.3. The molecule has 154 valence electrons. The van der Waals surface area contributed by atoms with Gasteiger partial charge in [-0.3, -0.25) is 9.69 Å². The number of amides is 1. The van der Waals surface area contributed by atoms with Crippen LogP contribution in [0.4, 0.5) is 5.13 Å². The molecule has 8 heteroatoms. The number of hydrogen-bond acceptors (Lipinski definition) is 6. The number of benzene rings is 2. The van der Waals surface area contributed by atoms with Crippen LogP contribution >= 0.6 is 11.3 Å². The molecule has 1 aromatic heterocycles. The molecule has 0 radical (unpaired) electrons. The van der Waals surface area contributed by atoms with E-state index in [2.05, 4.69) is 13.0 Å². The second-order valence-corrected chi connectivity index (χ2v) is 10.5. The molecule has 6 nitrogen and oxygen atoms in total. The fourth-order valence-corrected chi connectivity index (χ4v) is 4.57. The Labute approximate surface area is 175 Å². The van der Waals surface area contributed by atoms with Gasteiger partial charge < -0.3 is 4.90 Å². The van der Waals surface area contributed by atoms with Crippen LogP contribution in [0.5, 0.6) is 0 Å². The van der Waals surface area contributed by atoms with E-state index in [1.54, 1.807) is 17.0 Å². The second-order valence-electron chi connectivity index (χ2n) is 7.46. The van der Waals surface area contributed by atoms with E-state index in [1.165, 1.54) is 29.0 Å². The number of carbonyl (C=O) groups excluding carboxylic acids is 1. The van der Waals surface area contributed by atoms with Crippen molar-refractivity contribution in [1.82, 2.24) is 9.88 Å². The Balaban J connectivity index is 1.99. The topological polar surface area (TPSA) is 70.6 Å². The van der Waals surface area contributed by atoms with Crippen molar-refractivity contribution in [3.05, 3.63) is 53.1 Å².